The highest BCUT2D eigenvalue weighted by Crippen LogP contribution is 2.19. The van der Waals surface area contributed by atoms with Gasteiger partial charge in [-0.3, -0.25) is 4.98 Å². The first-order valence-corrected chi connectivity index (χ1v) is 6.03. The average molecular weight is 242 g/mol. The van der Waals surface area contributed by atoms with E-state index < -0.39 is 0 Å². The van der Waals surface area contributed by atoms with Gasteiger partial charge in [0, 0.05) is 25.7 Å². The average Bonchev–Trinajstić information content (AvgIpc) is 2.28. The smallest absolute Gasteiger partial charge is 0.0594 e. The van der Waals surface area contributed by atoms with Gasteiger partial charge in [-0.2, -0.15) is 0 Å². The molecule has 0 fully saturated rings. The molecule has 0 aliphatic heterocycles. The van der Waals surface area contributed by atoms with Crippen LogP contribution in [0, 0.1) is 0 Å². The zero-order valence-corrected chi connectivity index (χ0v) is 11.0. The SMILES string of the molecule is CN(C)CCCN(C)c1cnccc1CCl. The molecule has 0 saturated heterocycles. The van der Waals surface area contributed by atoms with E-state index in [1.807, 2.05) is 12.3 Å². The minimum Gasteiger partial charge on any atom is -0.373 e. The summed E-state index contributed by atoms with van der Waals surface area (Å²) < 4.78 is 0. The van der Waals surface area contributed by atoms with Crippen molar-refractivity contribution < 1.29 is 0 Å². The van der Waals surface area contributed by atoms with Crippen LogP contribution in [0.2, 0.25) is 0 Å². The summed E-state index contributed by atoms with van der Waals surface area (Å²) in [4.78, 5) is 8.56. The zero-order chi connectivity index (χ0) is 12.0. The van der Waals surface area contributed by atoms with Gasteiger partial charge in [0.25, 0.3) is 0 Å². The molecule has 0 aromatic carbocycles. The van der Waals surface area contributed by atoms with Gasteiger partial charge in [-0.25, -0.2) is 0 Å². The Morgan fingerprint density at radius 1 is 1.25 bits per heavy atom. The molecule has 0 bridgehead atoms. The number of rotatable bonds is 6. The Balaban J connectivity index is 2.55. The van der Waals surface area contributed by atoms with E-state index in [2.05, 4.69) is 35.9 Å². The molecule has 0 radical (unpaired) electrons. The summed E-state index contributed by atoms with van der Waals surface area (Å²) in [7, 11) is 6.27. The molecule has 16 heavy (non-hydrogen) atoms. The van der Waals surface area contributed by atoms with E-state index in [1.165, 1.54) is 0 Å². The highest BCUT2D eigenvalue weighted by molar-refractivity contribution is 6.17. The van der Waals surface area contributed by atoms with Crippen LogP contribution in [-0.2, 0) is 5.88 Å². The second kappa shape index (κ2) is 6.71. The Morgan fingerprint density at radius 2 is 2.00 bits per heavy atom. The van der Waals surface area contributed by atoms with Gasteiger partial charge in [-0.05, 0) is 38.7 Å². The summed E-state index contributed by atoms with van der Waals surface area (Å²) in [5.74, 6) is 0.538. The molecule has 0 saturated carbocycles. The molecule has 0 spiro atoms. The summed E-state index contributed by atoms with van der Waals surface area (Å²) in [5.41, 5.74) is 2.28. The van der Waals surface area contributed by atoms with Crippen LogP contribution >= 0.6 is 11.6 Å². The highest BCUT2D eigenvalue weighted by atomic mass is 35.5. The summed E-state index contributed by atoms with van der Waals surface area (Å²) in [6, 6.07) is 1.98. The maximum Gasteiger partial charge on any atom is 0.0594 e. The molecule has 0 N–H and O–H groups in total. The molecule has 0 aliphatic rings. The first kappa shape index (κ1) is 13.3. The third-order valence-electron chi connectivity index (χ3n) is 2.54. The van der Waals surface area contributed by atoms with Crippen molar-refractivity contribution in [2.45, 2.75) is 12.3 Å². The number of hydrogen-bond donors (Lipinski definition) is 0. The molecule has 90 valence electrons. The van der Waals surface area contributed by atoms with Gasteiger partial charge in [-0.1, -0.05) is 0 Å². The van der Waals surface area contributed by atoms with Crippen molar-refractivity contribution >= 4 is 17.3 Å². The molecule has 1 aromatic heterocycles. The number of aromatic nitrogens is 1. The van der Waals surface area contributed by atoms with Gasteiger partial charge in [0.1, 0.15) is 0 Å². The summed E-state index contributed by atoms with van der Waals surface area (Å²) >= 11 is 5.90. The lowest BCUT2D eigenvalue weighted by atomic mass is 10.2. The van der Waals surface area contributed by atoms with Crippen LogP contribution in [0.3, 0.4) is 0 Å². The van der Waals surface area contributed by atoms with Gasteiger partial charge >= 0.3 is 0 Å². The quantitative estimate of drug-likeness (QED) is 0.712. The van der Waals surface area contributed by atoms with E-state index in [-0.39, 0.29) is 0 Å². The van der Waals surface area contributed by atoms with Crippen LogP contribution in [0.25, 0.3) is 0 Å². The Labute approximate surface area is 103 Å². The predicted molar refractivity (Wildman–Crippen MR) is 70.2 cm³/mol. The maximum absolute atomic E-state index is 5.90. The van der Waals surface area contributed by atoms with Crippen molar-refractivity contribution in [1.82, 2.24) is 9.88 Å². The van der Waals surface area contributed by atoms with E-state index in [9.17, 15) is 0 Å². The first-order valence-electron chi connectivity index (χ1n) is 5.50. The number of halogens is 1. The fourth-order valence-electron chi connectivity index (χ4n) is 1.62. The summed E-state index contributed by atoms with van der Waals surface area (Å²) in [5, 5.41) is 0. The maximum atomic E-state index is 5.90. The standard InChI is InChI=1S/C12H20ClN3/c1-15(2)7-4-8-16(3)12-10-14-6-5-11(12)9-13/h5-6,10H,4,7-9H2,1-3H3. The van der Waals surface area contributed by atoms with Crippen molar-refractivity contribution in [2.75, 3.05) is 39.1 Å². The highest BCUT2D eigenvalue weighted by Gasteiger charge is 2.06. The lowest BCUT2D eigenvalue weighted by Crippen LogP contribution is -2.24. The monoisotopic (exact) mass is 241 g/mol. The molecule has 1 heterocycles. The number of hydrogen-bond acceptors (Lipinski definition) is 3. The van der Waals surface area contributed by atoms with E-state index in [0.717, 1.165) is 30.8 Å². The van der Waals surface area contributed by atoms with Crippen LogP contribution in [0.5, 0.6) is 0 Å². The topological polar surface area (TPSA) is 19.4 Å². The van der Waals surface area contributed by atoms with E-state index in [4.69, 9.17) is 11.6 Å². The van der Waals surface area contributed by atoms with Crippen LogP contribution in [-0.4, -0.2) is 44.1 Å². The molecule has 0 amide bonds. The van der Waals surface area contributed by atoms with Crippen molar-refractivity contribution in [3.8, 4) is 0 Å². The Morgan fingerprint density at radius 3 is 2.62 bits per heavy atom. The minimum atomic E-state index is 0.538. The molecule has 0 atom stereocenters. The van der Waals surface area contributed by atoms with Gasteiger partial charge in [0.2, 0.25) is 0 Å². The van der Waals surface area contributed by atoms with Crippen LogP contribution in [0.4, 0.5) is 5.69 Å². The summed E-state index contributed by atoms with van der Waals surface area (Å²) in [6.45, 7) is 2.12. The van der Waals surface area contributed by atoms with Crippen molar-refractivity contribution in [3.63, 3.8) is 0 Å². The van der Waals surface area contributed by atoms with Gasteiger partial charge in [0.15, 0.2) is 0 Å². The molecule has 0 aliphatic carbocycles. The molecule has 3 nitrogen and oxygen atoms in total. The van der Waals surface area contributed by atoms with Crippen molar-refractivity contribution in [2.24, 2.45) is 0 Å². The van der Waals surface area contributed by atoms with Gasteiger partial charge in [0.05, 0.1) is 11.9 Å². The van der Waals surface area contributed by atoms with Crippen LogP contribution < -0.4 is 4.90 Å². The van der Waals surface area contributed by atoms with E-state index in [1.54, 1.807) is 6.20 Å². The Hall–Kier alpha value is -0.800. The zero-order valence-electron chi connectivity index (χ0n) is 10.3. The molecule has 0 unspecified atom stereocenters. The lowest BCUT2D eigenvalue weighted by molar-refractivity contribution is 0.401. The third kappa shape index (κ3) is 3.99. The molecule has 4 heteroatoms. The fourth-order valence-corrected chi connectivity index (χ4v) is 1.84. The van der Waals surface area contributed by atoms with Crippen molar-refractivity contribution in [1.29, 1.82) is 0 Å². The molecule has 1 aromatic rings. The van der Waals surface area contributed by atoms with Crippen LogP contribution in [0.15, 0.2) is 18.5 Å². The third-order valence-corrected chi connectivity index (χ3v) is 2.83. The number of pyridine rings is 1. The number of anilines is 1. The normalized spacial score (nSPS) is 10.8. The number of nitrogens with zero attached hydrogens (tertiary/aromatic N) is 3. The molecular formula is C12H20ClN3. The number of alkyl halides is 1. The second-order valence-electron chi connectivity index (χ2n) is 4.22. The minimum absolute atomic E-state index is 0.538. The largest absolute Gasteiger partial charge is 0.373 e. The lowest BCUT2D eigenvalue weighted by Gasteiger charge is -2.22. The molecule has 1 rings (SSSR count). The van der Waals surface area contributed by atoms with E-state index in [0.29, 0.717) is 5.88 Å². The molecular weight excluding hydrogens is 222 g/mol. The Bertz CT molecular complexity index is 315. The van der Waals surface area contributed by atoms with Crippen molar-refractivity contribution in [3.05, 3.63) is 24.0 Å². The predicted octanol–water partition coefficient (Wildman–Crippen LogP) is 2.21. The Kier molecular flexibility index (Phi) is 5.56. The second-order valence-corrected chi connectivity index (χ2v) is 4.48. The van der Waals surface area contributed by atoms with Gasteiger partial charge < -0.3 is 9.80 Å². The first-order chi connectivity index (χ1) is 7.65. The van der Waals surface area contributed by atoms with Crippen LogP contribution in [0.1, 0.15) is 12.0 Å². The van der Waals surface area contributed by atoms with E-state index >= 15 is 0 Å². The fraction of sp³-hybridized carbons (Fsp3) is 0.583. The summed E-state index contributed by atoms with van der Waals surface area (Å²) in [6.07, 6.45) is 4.81. The van der Waals surface area contributed by atoms with Gasteiger partial charge in [-0.15, -0.1) is 11.6 Å².